The van der Waals surface area contributed by atoms with E-state index in [9.17, 15) is 8.78 Å². The minimum Gasteiger partial charge on any atom is -0.324 e. The molecule has 0 aliphatic heterocycles. The molecule has 0 saturated carbocycles. The minimum atomic E-state index is -0.462. The van der Waals surface area contributed by atoms with Crippen LogP contribution in [-0.2, 0) is 0 Å². The molecular weight excluding hydrogens is 240 g/mol. The molecule has 0 spiro atoms. The Bertz CT molecular complexity index is 291. The molecule has 1 aromatic carbocycles. The molecule has 0 aliphatic carbocycles. The minimum absolute atomic E-state index is 0.262. The fourth-order valence-electron chi connectivity index (χ4n) is 1.03. The Morgan fingerprint density at radius 1 is 1.46 bits per heavy atom. The van der Waals surface area contributed by atoms with E-state index in [0.29, 0.717) is 4.47 Å². The number of halogens is 3. The maximum Gasteiger partial charge on any atom is 0.137 e. The van der Waals surface area contributed by atoms with Crippen molar-refractivity contribution in [3.05, 3.63) is 34.1 Å². The monoisotopic (exact) mass is 249 g/mol. The second-order valence-corrected chi connectivity index (χ2v) is 3.61. The first-order valence-corrected chi connectivity index (χ1v) is 4.71. The van der Waals surface area contributed by atoms with Crippen molar-refractivity contribution >= 4 is 15.9 Å². The first-order valence-electron chi connectivity index (χ1n) is 3.91. The zero-order valence-corrected chi connectivity index (χ0v) is 8.52. The standard InChI is InChI=1S/C9H10BrF2N/c10-7-5-6(1-2-8(7)12)9(13)3-4-11/h1-2,5,9H,3-4,13H2/t9-/m0/s1. The van der Waals surface area contributed by atoms with Crippen LogP contribution in [0.4, 0.5) is 8.78 Å². The van der Waals surface area contributed by atoms with Crippen LogP contribution in [0.5, 0.6) is 0 Å². The van der Waals surface area contributed by atoms with Crippen molar-refractivity contribution in [1.29, 1.82) is 0 Å². The van der Waals surface area contributed by atoms with Crippen molar-refractivity contribution in [2.24, 2.45) is 5.73 Å². The van der Waals surface area contributed by atoms with E-state index in [1.165, 1.54) is 6.07 Å². The van der Waals surface area contributed by atoms with Gasteiger partial charge in [-0.05, 0) is 40.0 Å². The highest BCUT2D eigenvalue weighted by Gasteiger charge is 2.07. The summed E-state index contributed by atoms with van der Waals surface area (Å²) in [5.41, 5.74) is 6.38. The lowest BCUT2D eigenvalue weighted by atomic mass is 10.1. The summed E-state index contributed by atoms with van der Waals surface area (Å²) in [6.07, 6.45) is 0.262. The summed E-state index contributed by atoms with van der Waals surface area (Å²) in [7, 11) is 0. The molecule has 72 valence electrons. The Morgan fingerprint density at radius 3 is 2.69 bits per heavy atom. The fraction of sp³-hybridized carbons (Fsp3) is 0.333. The Kier molecular flexibility index (Phi) is 3.81. The molecule has 0 heterocycles. The summed E-state index contributed by atoms with van der Waals surface area (Å²) in [6.45, 7) is -0.462. The number of hydrogen-bond donors (Lipinski definition) is 1. The third-order valence-corrected chi connectivity index (χ3v) is 2.40. The lowest BCUT2D eigenvalue weighted by Gasteiger charge is -2.09. The van der Waals surface area contributed by atoms with Crippen molar-refractivity contribution in [3.63, 3.8) is 0 Å². The van der Waals surface area contributed by atoms with Gasteiger partial charge in [-0.2, -0.15) is 0 Å². The maximum absolute atomic E-state index is 12.8. The number of rotatable bonds is 3. The Morgan fingerprint density at radius 2 is 2.15 bits per heavy atom. The summed E-state index contributed by atoms with van der Waals surface area (Å²) in [6, 6.07) is 4.11. The van der Waals surface area contributed by atoms with Crippen molar-refractivity contribution in [2.45, 2.75) is 12.5 Å². The van der Waals surface area contributed by atoms with E-state index in [2.05, 4.69) is 15.9 Å². The summed E-state index contributed by atoms with van der Waals surface area (Å²) in [4.78, 5) is 0. The Labute approximate surface area is 84.1 Å². The van der Waals surface area contributed by atoms with Gasteiger partial charge in [-0.25, -0.2) is 4.39 Å². The predicted molar refractivity (Wildman–Crippen MR) is 51.6 cm³/mol. The van der Waals surface area contributed by atoms with Crippen molar-refractivity contribution in [2.75, 3.05) is 6.67 Å². The van der Waals surface area contributed by atoms with Gasteiger partial charge in [-0.1, -0.05) is 6.07 Å². The molecule has 2 N–H and O–H groups in total. The number of nitrogens with two attached hydrogens (primary N) is 1. The van der Waals surface area contributed by atoms with E-state index in [4.69, 9.17) is 5.73 Å². The highest BCUT2D eigenvalue weighted by Crippen LogP contribution is 2.21. The van der Waals surface area contributed by atoms with E-state index in [1.807, 2.05) is 0 Å². The molecule has 1 rings (SSSR count). The average Bonchev–Trinajstić information content (AvgIpc) is 2.10. The molecular formula is C9H10BrF2N. The van der Waals surface area contributed by atoms with E-state index in [-0.39, 0.29) is 18.3 Å². The van der Waals surface area contributed by atoms with Gasteiger partial charge in [0.25, 0.3) is 0 Å². The lowest BCUT2D eigenvalue weighted by Crippen LogP contribution is -2.10. The molecule has 0 fully saturated rings. The first-order chi connectivity index (χ1) is 6.15. The van der Waals surface area contributed by atoms with Crippen LogP contribution in [0.1, 0.15) is 18.0 Å². The third-order valence-electron chi connectivity index (χ3n) is 1.79. The van der Waals surface area contributed by atoms with Crippen LogP contribution >= 0.6 is 15.9 Å². The molecule has 0 aliphatic rings. The zero-order valence-electron chi connectivity index (χ0n) is 6.93. The number of hydrogen-bond acceptors (Lipinski definition) is 1. The van der Waals surface area contributed by atoms with Crippen LogP contribution in [0.15, 0.2) is 22.7 Å². The molecule has 0 aromatic heterocycles. The van der Waals surface area contributed by atoms with E-state index < -0.39 is 6.67 Å². The van der Waals surface area contributed by atoms with Gasteiger partial charge >= 0.3 is 0 Å². The molecule has 0 saturated heterocycles. The molecule has 0 amide bonds. The molecule has 1 nitrogen and oxygen atoms in total. The van der Waals surface area contributed by atoms with E-state index in [1.54, 1.807) is 12.1 Å². The maximum atomic E-state index is 12.8. The number of alkyl halides is 1. The van der Waals surface area contributed by atoms with Crippen LogP contribution in [0.2, 0.25) is 0 Å². The van der Waals surface area contributed by atoms with Gasteiger partial charge in [0.2, 0.25) is 0 Å². The van der Waals surface area contributed by atoms with Crippen molar-refractivity contribution in [3.8, 4) is 0 Å². The quantitative estimate of drug-likeness (QED) is 0.876. The van der Waals surface area contributed by atoms with Gasteiger partial charge in [0.1, 0.15) is 5.82 Å². The molecule has 13 heavy (non-hydrogen) atoms. The fourth-order valence-corrected chi connectivity index (χ4v) is 1.42. The molecule has 0 unspecified atom stereocenters. The van der Waals surface area contributed by atoms with Crippen LogP contribution in [0, 0.1) is 5.82 Å². The predicted octanol–water partition coefficient (Wildman–Crippen LogP) is 2.95. The highest BCUT2D eigenvalue weighted by molar-refractivity contribution is 9.10. The van der Waals surface area contributed by atoms with E-state index >= 15 is 0 Å². The molecule has 1 aromatic rings. The van der Waals surface area contributed by atoms with Gasteiger partial charge in [-0.3, -0.25) is 4.39 Å². The Balaban J connectivity index is 2.84. The normalized spacial score (nSPS) is 12.9. The van der Waals surface area contributed by atoms with Crippen LogP contribution in [0.3, 0.4) is 0 Å². The van der Waals surface area contributed by atoms with Gasteiger partial charge in [0.05, 0.1) is 11.1 Å². The molecule has 0 radical (unpaired) electrons. The lowest BCUT2D eigenvalue weighted by molar-refractivity contribution is 0.441. The topological polar surface area (TPSA) is 26.0 Å². The number of benzene rings is 1. The largest absolute Gasteiger partial charge is 0.324 e. The van der Waals surface area contributed by atoms with E-state index in [0.717, 1.165) is 5.56 Å². The van der Waals surface area contributed by atoms with Gasteiger partial charge in [0.15, 0.2) is 0 Å². The molecule has 0 bridgehead atoms. The second-order valence-electron chi connectivity index (χ2n) is 2.76. The Hall–Kier alpha value is -0.480. The summed E-state index contributed by atoms with van der Waals surface area (Å²) in [5.74, 6) is -0.337. The smallest absolute Gasteiger partial charge is 0.137 e. The summed E-state index contributed by atoms with van der Waals surface area (Å²) >= 11 is 3.04. The van der Waals surface area contributed by atoms with Crippen LogP contribution < -0.4 is 5.73 Å². The zero-order chi connectivity index (χ0) is 9.84. The van der Waals surface area contributed by atoms with Crippen molar-refractivity contribution in [1.82, 2.24) is 0 Å². The SMILES string of the molecule is N[C@@H](CCF)c1ccc(F)c(Br)c1. The van der Waals surface area contributed by atoms with Gasteiger partial charge in [0, 0.05) is 6.04 Å². The van der Waals surface area contributed by atoms with Gasteiger partial charge in [-0.15, -0.1) is 0 Å². The summed E-state index contributed by atoms with van der Waals surface area (Å²) < 4.78 is 25.1. The second kappa shape index (κ2) is 4.67. The molecule has 4 heteroatoms. The highest BCUT2D eigenvalue weighted by atomic mass is 79.9. The van der Waals surface area contributed by atoms with Gasteiger partial charge < -0.3 is 5.73 Å². The van der Waals surface area contributed by atoms with Crippen molar-refractivity contribution < 1.29 is 8.78 Å². The average molecular weight is 250 g/mol. The third kappa shape index (κ3) is 2.74. The van der Waals surface area contributed by atoms with Crippen LogP contribution in [0.25, 0.3) is 0 Å². The first kappa shape index (κ1) is 10.6. The van der Waals surface area contributed by atoms with Crippen LogP contribution in [-0.4, -0.2) is 6.67 Å². The molecule has 1 atom stereocenters. The summed E-state index contributed by atoms with van der Waals surface area (Å²) in [5, 5.41) is 0.